The number of hydrogen-bond acceptors (Lipinski definition) is 5. The average Bonchev–Trinajstić information content (AvgIpc) is 2.89. The lowest BCUT2D eigenvalue weighted by Gasteiger charge is -2.27. The molecule has 6 nitrogen and oxygen atoms in total. The summed E-state index contributed by atoms with van der Waals surface area (Å²) < 4.78 is 1.75. The van der Waals surface area contributed by atoms with Crippen LogP contribution in [0.1, 0.15) is 31.7 Å². The first kappa shape index (κ1) is 11.3. The zero-order valence-electron chi connectivity index (χ0n) is 9.98. The van der Waals surface area contributed by atoms with E-state index in [0.29, 0.717) is 5.82 Å². The molecule has 2 atom stereocenters. The number of hydrogen-bond donors (Lipinski definition) is 1. The van der Waals surface area contributed by atoms with Gasteiger partial charge in [0.05, 0.1) is 12.1 Å². The number of rotatable bonds is 2. The molecule has 0 unspecified atom stereocenters. The van der Waals surface area contributed by atoms with Crippen molar-refractivity contribution in [1.29, 1.82) is 0 Å². The van der Waals surface area contributed by atoms with Gasteiger partial charge in [-0.15, -0.1) is 5.10 Å². The van der Waals surface area contributed by atoms with Crippen molar-refractivity contribution in [2.75, 3.05) is 0 Å². The molecule has 0 spiro atoms. The summed E-state index contributed by atoms with van der Waals surface area (Å²) in [6, 6.07) is 3.73. The van der Waals surface area contributed by atoms with Gasteiger partial charge in [-0.25, -0.2) is 4.68 Å². The molecule has 0 bridgehead atoms. The van der Waals surface area contributed by atoms with Crippen LogP contribution in [0.3, 0.4) is 0 Å². The minimum absolute atomic E-state index is 0.0167. The molecule has 0 amide bonds. The van der Waals surface area contributed by atoms with Crippen LogP contribution in [0.25, 0.3) is 11.4 Å². The van der Waals surface area contributed by atoms with Crippen molar-refractivity contribution >= 4 is 0 Å². The molecule has 0 aromatic carbocycles. The molecule has 1 saturated carbocycles. The monoisotopic (exact) mass is 245 g/mol. The normalized spacial score (nSPS) is 24.1. The maximum Gasteiger partial charge on any atom is 0.182 e. The van der Waals surface area contributed by atoms with Crippen LogP contribution in [0, 0.1) is 0 Å². The Balaban J connectivity index is 1.96. The predicted molar refractivity (Wildman–Crippen MR) is 64.6 cm³/mol. The van der Waals surface area contributed by atoms with Gasteiger partial charge in [-0.1, -0.05) is 12.8 Å². The van der Waals surface area contributed by atoms with Gasteiger partial charge in [0.15, 0.2) is 5.82 Å². The second kappa shape index (κ2) is 4.81. The van der Waals surface area contributed by atoms with Crippen LogP contribution >= 0.6 is 0 Å². The fourth-order valence-corrected chi connectivity index (χ4v) is 2.49. The van der Waals surface area contributed by atoms with Gasteiger partial charge in [0.25, 0.3) is 0 Å². The highest BCUT2D eigenvalue weighted by atomic mass is 16.3. The molecule has 6 heteroatoms. The van der Waals surface area contributed by atoms with Crippen molar-refractivity contribution in [3.8, 4) is 11.4 Å². The largest absolute Gasteiger partial charge is 0.391 e. The van der Waals surface area contributed by atoms with E-state index in [1.54, 1.807) is 17.1 Å². The van der Waals surface area contributed by atoms with E-state index < -0.39 is 0 Å². The number of aliphatic hydroxyl groups is 1. The summed E-state index contributed by atoms with van der Waals surface area (Å²) >= 11 is 0. The average molecular weight is 245 g/mol. The zero-order chi connectivity index (χ0) is 12.4. The Morgan fingerprint density at radius 3 is 2.72 bits per heavy atom. The number of aromatic nitrogens is 5. The van der Waals surface area contributed by atoms with Crippen LogP contribution in [0.15, 0.2) is 24.5 Å². The predicted octanol–water partition coefficient (Wildman–Crippen LogP) is 1.21. The molecular weight excluding hydrogens is 230 g/mol. The van der Waals surface area contributed by atoms with Gasteiger partial charge in [-0.05, 0) is 35.4 Å². The number of aliphatic hydroxyl groups excluding tert-OH is 1. The third-order valence-electron chi connectivity index (χ3n) is 3.44. The molecule has 18 heavy (non-hydrogen) atoms. The number of pyridine rings is 1. The molecule has 0 radical (unpaired) electrons. The van der Waals surface area contributed by atoms with E-state index in [2.05, 4.69) is 20.5 Å². The molecule has 0 saturated heterocycles. The van der Waals surface area contributed by atoms with E-state index >= 15 is 0 Å². The molecule has 1 N–H and O–H groups in total. The van der Waals surface area contributed by atoms with E-state index in [4.69, 9.17) is 0 Å². The third-order valence-corrected chi connectivity index (χ3v) is 3.44. The zero-order valence-corrected chi connectivity index (χ0v) is 9.98. The summed E-state index contributed by atoms with van der Waals surface area (Å²) in [5, 5.41) is 21.9. The van der Waals surface area contributed by atoms with E-state index in [1.807, 2.05) is 12.1 Å². The van der Waals surface area contributed by atoms with Crippen molar-refractivity contribution in [2.24, 2.45) is 0 Å². The maximum atomic E-state index is 10.1. The lowest BCUT2D eigenvalue weighted by Crippen LogP contribution is -2.28. The van der Waals surface area contributed by atoms with Crippen LogP contribution in [0.5, 0.6) is 0 Å². The Morgan fingerprint density at radius 2 is 1.94 bits per heavy atom. The lowest BCUT2D eigenvalue weighted by atomic mass is 9.92. The van der Waals surface area contributed by atoms with Crippen molar-refractivity contribution in [3.05, 3.63) is 24.5 Å². The highest BCUT2D eigenvalue weighted by Gasteiger charge is 2.28. The maximum absolute atomic E-state index is 10.1. The van der Waals surface area contributed by atoms with Crippen molar-refractivity contribution in [1.82, 2.24) is 25.2 Å². The molecule has 1 fully saturated rings. The molecule has 3 rings (SSSR count). The first-order chi connectivity index (χ1) is 8.86. The summed E-state index contributed by atoms with van der Waals surface area (Å²) in [6.45, 7) is 0. The van der Waals surface area contributed by atoms with Gasteiger partial charge >= 0.3 is 0 Å². The molecule has 2 aromatic heterocycles. The van der Waals surface area contributed by atoms with E-state index in [-0.39, 0.29) is 12.1 Å². The van der Waals surface area contributed by atoms with E-state index in [9.17, 15) is 5.11 Å². The minimum atomic E-state index is -0.358. The van der Waals surface area contributed by atoms with Crippen LogP contribution in [0.4, 0.5) is 0 Å². The van der Waals surface area contributed by atoms with Crippen LogP contribution < -0.4 is 0 Å². The summed E-state index contributed by atoms with van der Waals surface area (Å²) in [5.41, 5.74) is 0.924. The smallest absolute Gasteiger partial charge is 0.182 e. The SMILES string of the molecule is O[C@H]1CCCC[C@H]1n1nnnc1-c1ccncc1. The molecular formula is C12H15N5O. The number of nitrogens with zero attached hydrogens (tertiary/aromatic N) is 5. The Kier molecular flexibility index (Phi) is 3.02. The fourth-order valence-electron chi connectivity index (χ4n) is 2.49. The molecule has 1 aliphatic carbocycles. The summed E-state index contributed by atoms with van der Waals surface area (Å²) in [7, 11) is 0. The van der Waals surface area contributed by atoms with Crippen LogP contribution in [-0.2, 0) is 0 Å². The molecule has 2 heterocycles. The van der Waals surface area contributed by atoms with Gasteiger partial charge in [0.2, 0.25) is 0 Å². The first-order valence-corrected chi connectivity index (χ1v) is 6.22. The molecule has 0 aliphatic heterocycles. The quantitative estimate of drug-likeness (QED) is 0.860. The molecule has 2 aromatic rings. The molecule has 1 aliphatic rings. The second-order valence-electron chi connectivity index (χ2n) is 4.60. The fraction of sp³-hybridized carbons (Fsp3) is 0.500. The standard InChI is InChI=1S/C12H15N5O/c18-11-4-2-1-3-10(11)17-12(14-15-16-17)9-5-7-13-8-6-9/h5-8,10-11,18H,1-4H2/t10-,11+/m1/s1. The van der Waals surface area contributed by atoms with Crippen molar-refractivity contribution in [2.45, 2.75) is 37.8 Å². The van der Waals surface area contributed by atoms with Crippen LogP contribution in [-0.4, -0.2) is 36.4 Å². The Bertz CT molecular complexity index is 512. The van der Waals surface area contributed by atoms with Gasteiger partial charge < -0.3 is 5.11 Å². The van der Waals surface area contributed by atoms with Crippen molar-refractivity contribution < 1.29 is 5.11 Å². The lowest BCUT2D eigenvalue weighted by molar-refractivity contribution is 0.0693. The topological polar surface area (TPSA) is 76.7 Å². The van der Waals surface area contributed by atoms with Crippen molar-refractivity contribution in [3.63, 3.8) is 0 Å². The summed E-state index contributed by atoms with van der Waals surface area (Å²) in [4.78, 5) is 3.99. The van der Waals surface area contributed by atoms with Gasteiger partial charge in [0.1, 0.15) is 0 Å². The number of tetrazole rings is 1. The highest BCUT2D eigenvalue weighted by Crippen LogP contribution is 2.30. The third kappa shape index (κ3) is 1.99. The van der Waals surface area contributed by atoms with Gasteiger partial charge in [-0.3, -0.25) is 4.98 Å². The van der Waals surface area contributed by atoms with E-state index in [1.165, 1.54) is 0 Å². The van der Waals surface area contributed by atoms with Gasteiger partial charge in [0, 0.05) is 18.0 Å². The Hall–Kier alpha value is -1.82. The molecule has 94 valence electrons. The minimum Gasteiger partial charge on any atom is -0.391 e. The van der Waals surface area contributed by atoms with Crippen LogP contribution in [0.2, 0.25) is 0 Å². The Labute approximate surface area is 105 Å². The first-order valence-electron chi connectivity index (χ1n) is 6.22. The summed E-state index contributed by atoms with van der Waals surface area (Å²) in [5.74, 6) is 0.698. The second-order valence-corrected chi connectivity index (χ2v) is 4.60. The highest BCUT2D eigenvalue weighted by molar-refractivity contribution is 5.53. The summed E-state index contributed by atoms with van der Waals surface area (Å²) in [6.07, 6.45) is 6.99. The van der Waals surface area contributed by atoms with Gasteiger partial charge in [-0.2, -0.15) is 0 Å². The van der Waals surface area contributed by atoms with E-state index in [0.717, 1.165) is 31.2 Å². The Morgan fingerprint density at radius 1 is 1.17 bits per heavy atom.